The zero-order valence-corrected chi connectivity index (χ0v) is 35.0. The van der Waals surface area contributed by atoms with Gasteiger partial charge in [-0.3, -0.25) is 4.79 Å². The highest BCUT2D eigenvalue weighted by Crippen LogP contribution is 2.45. The van der Waals surface area contributed by atoms with Crippen LogP contribution in [-0.4, -0.2) is 78.8 Å². The predicted molar refractivity (Wildman–Crippen MR) is 215 cm³/mol. The van der Waals surface area contributed by atoms with Gasteiger partial charge in [-0.15, -0.1) is 0 Å². The molecule has 1 aliphatic heterocycles. The molecule has 2 aromatic carbocycles. The van der Waals surface area contributed by atoms with Crippen LogP contribution in [0.15, 0.2) is 60.8 Å². The molecule has 11 nitrogen and oxygen atoms in total. The van der Waals surface area contributed by atoms with Gasteiger partial charge in [0.15, 0.2) is 8.24 Å². The minimum Gasteiger partial charge on any atom is -0.467 e. The summed E-state index contributed by atoms with van der Waals surface area (Å²) >= 11 is 0. The fourth-order valence-corrected chi connectivity index (χ4v) is 15.4. The monoisotopic (exact) mass is 762 g/mol. The van der Waals surface area contributed by atoms with E-state index in [0.717, 1.165) is 22.0 Å². The Bertz CT molecular complexity index is 1730. The number of ether oxygens (including phenoxy) is 3. The number of amides is 3. The lowest BCUT2D eigenvalue weighted by Gasteiger charge is -2.44. The van der Waals surface area contributed by atoms with Crippen LogP contribution in [0.3, 0.4) is 0 Å². The summed E-state index contributed by atoms with van der Waals surface area (Å²) in [6.07, 6.45) is 2.97. The quantitative estimate of drug-likeness (QED) is 0.0650. The summed E-state index contributed by atoms with van der Waals surface area (Å²) in [7, 11) is -0.890. The third kappa shape index (κ3) is 9.48. The molecular formula is C42H62N4O7Si. The molecule has 0 bridgehead atoms. The van der Waals surface area contributed by atoms with E-state index in [1.165, 1.54) is 7.11 Å². The summed E-state index contributed by atoms with van der Waals surface area (Å²) < 4.78 is 18.8. The molecule has 12 heteroatoms. The Labute approximate surface area is 322 Å². The number of nitrogens with zero attached hydrogens (tertiary/aromatic N) is 2. The number of nitrogens with one attached hydrogen (secondary N) is 2. The molecule has 296 valence electrons. The molecule has 0 saturated carbocycles. The van der Waals surface area contributed by atoms with Crippen molar-refractivity contribution in [2.24, 2.45) is 0 Å². The largest absolute Gasteiger partial charge is 0.467 e. The second-order valence-electron chi connectivity index (χ2n) is 16.6. The number of para-hydroxylation sites is 1. The van der Waals surface area contributed by atoms with E-state index in [-0.39, 0.29) is 31.9 Å². The number of unbranched alkanes of at least 4 members (excludes halogenated alkanes) is 1. The molecule has 54 heavy (non-hydrogen) atoms. The van der Waals surface area contributed by atoms with Crippen LogP contribution < -0.4 is 10.6 Å². The van der Waals surface area contributed by atoms with Crippen molar-refractivity contribution >= 4 is 43.2 Å². The summed E-state index contributed by atoms with van der Waals surface area (Å²) in [5, 5.41) is 6.82. The first-order valence-electron chi connectivity index (χ1n) is 19.4. The number of carbonyl (C=O) groups excluding carboxylic acids is 4. The number of fused-ring (bicyclic) bond motifs is 1. The number of likely N-dealkylation sites (tertiary alicyclic amines) is 1. The standard InChI is InChI=1S/C42H62N4O7Si/c1-29(2)54(30(3)4,31(5)6)46-27-33(34-20-14-15-21-35(34)46)26-42(44-40(50)52-28-32-18-12-11-13-19-32)23-25-45(38(42)48)36(37(47)51-10)22-16-17-24-43-39(49)53-41(7,8)9/h11-15,18-21,27,29-31,36H,16-17,22-26,28H2,1-10H3,(H,43,49)(H,44,50)/t36-,42+/m0/s1. The molecule has 0 spiro atoms. The molecule has 0 radical (unpaired) electrons. The Morgan fingerprint density at radius 1 is 0.889 bits per heavy atom. The molecule has 1 aromatic heterocycles. The topological polar surface area (TPSA) is 128 Å². The number of methoxy groups -OCH3 is 1. The smallest absolute Gasteiger partial charge is 0.408 e. The van der Waals surface area contributed by atoms with E-state index >= 15 is 0 Å². The summed E-state index contributed by atoms with van der Waals surface area (Å²) in [5.74, 6) is -0.873. The summed E-state index contributed by atoms with van der Waals surface area (Å²) in [5.41, 5.74) is 2.25. The molecule has 2 atom stereocenters. The average molecular weight is 763 g/mol. The first-order valence-corrected chi connectivity index (χ1v) is 21.6. The zero-order valence-electron chi connectivity index (χ0n) is 34.0. The third-order valence-corrected chi connectivity index (χ3v) is 17.7. The van der Waals surface area contributed by atoms with E-state index in [1.54, 1.807) is 25.7 Å². The average Bonchev–Trinajstić information content (AvgIpc) is 3.61. The molecule has 0 unspecified atom stereocenters. The van der Waals surface area contributed by atoms with Gasteiger partial charge in [-0.2, -0.15) is 0 Å². The minimum atomic E-state index is -2.20. The molecule has 2 N–H and O–H groups in total. The van der Waals surface area contributed by atoms with Gasteiger partial charge < -0.3 is 34.0 Å². The number of carbonyl (C=O) groups is 4. The Morgan fingerprint density at radius 3 is 2.13 bits per heavy atom. The second kappa shape index (κ2) is 17.9. The van der Waals surface area contributed by atoms with Gasteiger partial charge in [-0.1, -0.05) is 90.1 Å². The summed E-state index contributed by atoms with van der Waals surface area (Å²) in [4.78, 5) is 55.5. The van der Waals surface area contributed by atoms with Crippen molar-refractivity contribution in [3.8, 4) is 0 Å². The molecule has 1 aliphatic rings. The molecule has 1 fully saturated rings. The van der Waals surface area contributed by atoms with E-state index in [9.17, 15) is 19.2 Å². The van der Waals surface area contributed by atoms with Crippen LogP contribution >= 0.6 is 0 Å². The maximum absolute atomic E-state index is 14.9. The molecule has 0 aliphatic carbocycles. The molecule has 1 saturated heterocycles. The third-order valence-electron chi connectivity index (χ3n) is 10.9. The molecule has 3 amide bonds. The van der Waals surface area contributed by atoms with Gasteiger partial charge in [-0.25, -0.2) is 14.4 Å². The van der Waals surface area contributed by atoms with Crippen molar-refractivity contribution in [3.63, 3.8) is 0 Å². The highest BCUT2D eigenvalue weighted by Gasteiger charge is 2.52. The molecule has 3 aromatic rings. The lowest BCUT2D eigenvalue weighted by molar-refractivity contribution is -0.152. The van der Waals surface area contributed by atoms with Gasteiger partial charge in [0.25, 0.3) is 0 Å². The van der Waals surface area contributed by atoms with E-state index in [2.05, 4.69) is 80.8 Å². The van der Waals surface area contributed by atoms with Crippen LogP contribution in [0.25, 0.3) is 10.9 Å². The maximum Gasteiger partial charge on any atom is 0.408 e. The lowest BCUT2D eigenvalue weighted by atomic mass is 9.89. The van der Waals surface area contributed by atoms with Gasteiger partial charge in [0.1, 0.15) is 23.8 Å². The molecule has 4 rings (SSSR count). The van der Waals surface area contributed by atoms with E-state index in [0.29, 0.717) is 42.4 Å². The number of aromatic nitrogens is 1. The van der Waals surface area contributed by atoms with Crippen LogP contribution in [0, 0.1) is 0 Å². The molecular weight excluding hydrogens is 701 g/mol. The van der Waals surface area contributed by atoms with Gasteiger partial charge in [0.2, 0.25) is 5.91 Å². The normalized spacial score (nSPS) is 17.0. The highest BCUT2D eigenvalue weighted by atomic mass is 28.3. The van der Waals surface area contributed by atoms with Crippen LogP contribution in [0.1, 0.15) is 99.1 Å². The van der Waals surface area contributed by atoms with E-state index in [4.69, 9.17) is 14.2 Å². The SMILES string of the molecule is COC(=O)[C@H](CCCCNC(=O)OC(C)(C)C)N1CC[C@](Cc2cn([Si](C(C)C)(C(C)C)C(C)C)c3ccccc23)(NC(=O)OCc2ccccc2)C1=O. The van der Waals surface area contributed by atoms with E-state index < -0.39 is 43.6 Å². The van der Waals surface area contributed by atoms with Crippen LogP contribution in [-0.2, 0) is 36.8 Å². The fraction of sp³-hybridized carbons (Fsp3) is 0.571. The van der Waals surface area contributed by atoms with Crippen molar-refractivity contribution in [3.05, 3.63) is 71.9 Å². The summed E-state index contributed by atoms with van der Waals surface area (Å²) in [6.45, 7) is 20.0. The number of alkyl carbamates (subject to hydrolysis) is 2. The zero-order chi connectivity index (χ0) is 39.8. The number of hydrogen-bond donors (Lipinski definition) is 2. The Hall–Kier alpha value is -4.32. The van der Waals surface area contributed by atoms with Gasteiger partial charge >= 0.3 is 18.2 Å². The number of esters is 1. The van der Waals surface area contributed by atoms with Gasteiger partial charge in [0, 0.05) is 30.4 Å². The first kappa shape index (κ1) is 42.4. The predicted octanol–water partition coefficient (Wildman–Crippen LogP) is 8.34. The fourth-order valence-electron chi connectivity index (χ4n) is 8.75. The van der Waals surface area contributed by atoms with Crippen molar-refractivity contribution in [1.29, 1.82) is 0 Å². The van der Waals surface area contributed by atoms with Gasteiger partial charge in [-0.05, 0) is 86.5 Å². The van der Waals surface area contributed by atoms with E-state index in [1.807, 2.05) is 36.4 Å². The van der Waals surface area contributed by atoms with Crippen LogP contribution in [0.4, 0.5) is 9.59 Å². The number of rotatable bonds is 16. The Morgan fingerprint density at radius 2 is 1.52 bits per heavy atom. The van der Waals surface area contributed by atoms with Crippen molar-refractivity contribution in [1.82, 2.24) is 19.8 Å². The molecule has 2 heterocycles. The van der Waals surface area contributed by atoms with Crippen molar-refractivity contribution in [2.75, 3.05) is 20.2 Å². The summed E-state index contributed by atoms with van der Waals surface area (Å²) in [6, 6.07) is 16.9. The van der Waals surface area contributed by atoms with Crippen molar-refractivity contribution in [2.45, 2.75) is 135 Å². The Kier molecular flexibility index (Phi) is 14.0. The number of hydrogen-bond acceptors (Lipinski definition) is 7. The maximum atomic E-state index is 14.9. The second-order valence-corrected chi connectivity index (χ2v) is 22.3. The lowest BCUT2D eigenvalue weighted by Crippen LogP contribution is -2.57. The van der Waals surface area contributed by atoms with Crippen LogP contribution in [0.5, 0.6) is 0 Å². The number of benzene rings is 2. The van der Waals surface area contributed by atoms with Crippen LogP contribution in [0.2, 0.25) is 16.6 Å². The highest BCUT2D eigenvalue weighted by molar-refractivity contribution is 6.82. The Balaban J connectivity index is 1.68. The van der Waals surface area contributed by atoms with Gasteiger partial charge in [0.05, 0.1) is 7.11 Å². The first-order chi connectivity index (χ1) is 25.5. The minimum absolute atomic E-state index is 0.0490. The van der Waals surface area contributed by atoms with Crippen molar-refractivity contribution < 1.29 is 33.4 Å².